The highest BCUT2D eigenvalue weighted by molar-refractivity contribution is 5.84. The number of halogens is 15. The van der Waals surface area contributed by atoms with Gasteiger partial charge >= 0.3 is 47.6 Å². The van der Waals surface area contributed by atoms with Gasteiger partial charge in [0.15, 0.2) is 12.4 Å². The first-order valence-corrected chi connectivity index (χ1v) is 7.56. The van der Waals surface area contributed by atoms with Crippen LogP contribution in [0.3, 0.4) is 0 Å². The quantitative estimate of drug-likeness (QED) is 0.412. The number of nitrogens with zero attached hydrogens (tertiary/aromatic N) is 1. The van der Waals surface area contributed by atoms with Crippen LogP contribution < -0.4 is 9.88 Å². The largest absolute Gasteiger partial charge is 0.460 e. The molecule has 0 aliphatic carbocycles. The molecule has 0 aromatic carbocycles. The lowest BCUT2D eigenvalue weighted by Gasteiger charge is -2.41. The fraction of sp³-hybridized carbons (Fsp3) is 0.571. The second-order valence-electron chi connectivity index (χ2n) is 6.00. The second-order valence-corrected chi connectivity index (χ2v) is 6.00. The molecule has 184 valence electrons. The van der Waals surface area contributed by atoms with Gasteiger partial charge in [0, 0.05) is 12.1 Å². The van der Waals surface area contributed by atoms with Crippen LogP contribution in [0, 0.1) is 0 Å². The molecule has 0 fully saturated rings. The standard InChI is InChI=1S/C14H7F15N2O/c15-8(16,7(32)30-6-31-4-2-1-3-5-31)9(17,18)10(19,20)11(21,22)12(23,24)13(25,26)14(27,28)29/h1-5H,6H2/p+1. The maximum absolute atomic E-state index is 13.6. The van der Waals surface area contributed by atoms with Crippen LogP contribution in [-0.4, -0.2) is 47.6 Å². The lowest BCUT2D eigenvalue weighted by atomic mass is 9.91. The molecular weight excluding hydrogens is 497 g/mol. The number of carbonyl (C=O) groups excluding carboxylic acids is 1. The van der Waals surface area contributed by atoms with Crippen molar-refractivity contribution in [2.45, 2.75) is 48.4 Å². The highest BCUT2D eigenvalue weighted by Crippen LogP contribution is 2.62. The predicted octanol–water partition coefficient (Wildman–Crippen LogP) is 4.42. The van der Waals surface area contributed by atoms with Crippen LogP contribution >= 0.6 is 0 Å². The van der Waals surface area contributed by atoms with Gasteiger partial charge in [-0.1, -0.05) is 6.07 Å². The summed E-state index contributed by atoms with van der Waals surface area (Å²) in [6.45, 7) is -1.18. The molecule has 1 N–H and O–H groups in total. The van der Waals surface area contributed by atoms with E-state index in [0.29, 0.717) is 0 Å². The number of pyridine rings is 1. The van der Waals surface area contributed by atoms with E-state index in [2.05, 4.69) is 0 Å². The number of amides is 1. The molecule has 1 rings (SSSR count). The van der Waals surface area contributed by atoms with Crippen LogP contribution in [0.15, 0.2) is 30.6 Å². The minimum atomic E-state index is -8.43. The molecule has 0 unspecified atom stereocenters. The van der Waals surface area contributed by atoms with E-state index in [9.17, 15) is 70.7 Å². The molecule has 0 bridgehead atoms. The van der Waals surface area contributed by atoms with Crippen LogP contribution in [0.1, 0.15) is 0 Å². The number of alkyl halides is 15. The number of hydrogen-bond donors (Lipinski definition) is 1. The van der Waals surface area contributed by atoms with E-state index in [1.165, 1.54) is 18.2 Å². The fourth-order valence-corrected chi connectivity index (χ4v) is 1.92. The summed E-state index contributed by atoms with van der Waals surface area (Å²) in [5.41, 5.74) is 0. The van der Waals surface area contributed by atoms with Crippen molar-refractivity contribution in [3.05, 3.63) is 30.6 Å². The molecule has 18 heteroatoms. The third-order valence-corrected chi connectivity index (χ3v) is 3.81. The molecule has 0 spiro atoms. The highest BCUT2D eigenvalue weighted by atomic mass is 19.4. The number of rotatable bonds is 8. The van der Waals surface area contributed by atoms with E-state index in [1.807, 2.05) is 0 Å². The Hall–Kier alpha value is -2.43. The van der Waals surface area contributed by atoms with Crippen molar-refractivity contribution >= 4 is 5.91 Å². The van der Waals surface area contributed by atoms with Crippen LogP contribution in [0.4, 0.5) is 65.9 Å². The Bertz CT molecular complexity index is 819. The molecular formula is C14H8F15N2O+. The molecule has 1 aromatic heterocycles. The van der Waals surface area contributed by atoms with Crippen molar-refractivity contribution in [2.24, 2.45) is 0 Å². The number of aromatic nitrogens is 1. The maximum Gasteiger partial charge on any atom is 0.460 e. The van der Waals surface area contributed by atoms with E-state index in [0.717, 1.165) is 22.3 Å². The lowest BCUT2D eigenvalue weighted by Crippen LogP contribution is -2.74. The number of carbonyl (C=O) groups is 1. The summed E-state index contributed by atoms with van der Waals surface area (Å²) in [6, 6.07) is 3.67. The first-order chi connectivity index (χ1) is 14.0. The Balaban J connectivity index is 3.37. The summed E-state index contributed by atoms with van der Waals surface area (Å²) in [5.74, 6) is -51.5. The van der Waals surface area contributed by atoms with Gasteiger partial charge in [0.1, 0.15) is 0 Å². The van der Waals surface area contributed by atoms with Gasteiger partial charge in [-0.15, -0.1) is 0 Å². The molecule has 0 aliphatic heterocycles. The predicted molar refractivity (Wildman–Crippen MR) is 70.5 cm³/mol. The molecule has 0 aliphatic rings. The topological polar surface area (TPSA) is 33.0 Å². The van der Waals surface area contributed by atoms with Crippen molar-refractivity contribution in [1.29, 1.82) is 0 Å². The summed E-state index contributed by atoms with van der Waals surface area (Å²) in [5, 5.41) is 0.862. The zero-order valence-corrected chi connectivity index (χ0v) is 14.6. The SMILES string of the molecule is O=C(NC[n+]1ccccc1)C(F)(F)C(F)(F)C(F)(F)C(F)(F)C(F)(F)C(F)(F)C(F)(F)F. The van der Waals surface area contributed by atoms with E-state index < -0.39 is 54.3 Å². The molecule has 3 nitrogen and oxygen atoms in total. The highest BCUT2D eigenvalue weighted by Gasteiger charge is 2.94. The molecule has 0 saturated carbocycles. The Kier molecular flexibility index (Phi) is 6.78. The normalized spacial score (nSPS) is 15.0. The summed E-state index contributed by atoms with van der Waals surface area (Å²) in [6.07, 6.45) is -5.71. The summed E-state index contributed by atoms with van der Waals surface area (Å²) in [7, 11) is 0. The van der Waals surface area contributed by atoms with Crippen molar-refractivity contribution < 1.29 is 75.2 Å². The Morgan fingerprint density at radius 1 is 0.594 bits per heavy atom. The Morgan fingerprint density at radius 2 is 0.969 bits per heavy atom. The van der Waals surface area contributed by atoms with Crippen molar-refractivity contribution in [3.8, 4) is 0 Å². The number of nitrogens with one attached hydrogen (secondary N) is 1. The van der Waals surface area contributed by atoms with Crippen LogP contribution in [0.25, 0.3) is 0 Å². The lowest BCUT2D eigenvalue weighted by molar-refractivity contribution is -0.700. The van der Waals surface area contributed by atoms with Gasteiger partial charge in [0.25, 0.3) is 0 Å². The zero-order chi connectivity index (χ0) is 25.6. The van der Waals surface area contributed by atoms with Gasteiger partial charge in [-0.2, -0.15) is 70.4 Å². The summed E-state index contributed by atoms with van der Waals surface area (Å²) in [4.78, 5) is 11.2. The molecule has 1 aromatic rings. The van der Waals surface area contributed by atoms with Gasteiger partial charge in [-0.3, -0.25) is 10.1 Å². The monoisotopic (exact) mass is 505 g/mol. The van der Waals surface area contributed by atoms with Gasteiger partial charge in [-0.05, 0) is 0 Å². The van der Waals surface area contributed by atoms with E-state index in [1.54, 1.807) is 0 Å². The van der Waals surface area contributed by atoms with Gasteiger partial charge < -0.3 is 0 Å². The van der Waals surface area contributed by atoms with E-state index in [4.69, 9.17) is 0 Å². The first-order valence-electron chi connectivity index (χ1n) is 7.56. The molecule has 0 atom stereocenters. The third kappa shape index (κ3) is 3.91. The molecule has 0 saturated heterocycles. The molecule has 32 heavy (non-hydrogen) atoms. The van der Waals surface area contributed by atoms with Gasteiger partial charge in [0.05, 0.1) is 0 Å². The maximum atomic E-state index is 13.6. The van der Waals surface area contributed by atoms with Gasteiger partial charge in [-0.25, -0.2) is 0 Å². The molecule has 1 heterocycles. The second kappa shape index (κ2) is 7.86. The molecule has 1 amide bonds. The molecule has 0 radical (unpaired) electrons. The third-order valence-electron chi connectivity index (χ3n) is 3.81. The fourth-order valence-electron chi connectivity index (χ4n) is 1.92. The van der Waals surface area contributed by atoms with Crippen LogP contribution in [0.5, 0.6) is 0 Å². The Morgan fingerprint density at radius 3 is 1.38 bits per heavy atom. The zero-order valence-electron chi connectivity index (χ0n) is 14.6. The summed E-state index contributed by atoms with van der Waals surface area (Å²) >= 11 is 0. The average molecular weight is 505 g/mol. The first kappa shape index (κ1) is 27.6. The van der Waals surface area contributed by atoms with E-state index >= 15 is 0 Å². The average Bonchev–Trinajstić information content (AvgIpc) is 2.65. The van der Waals surface area contributed by atoms with E-state index in [-0.39, 0.29) is 0 Å². The summed E-state index contributed by atoms with van der Waals surface area (Å²) < 4.78 is 196. The Labute approximate surface area is 166 Å². The van der Waals surface area contributed by atoms with Crippen molar-refractivity contribution in [2.75, 3.05) is 0 Å². The van der Waals surface area contributed by atoms with Gasteiger partial charge in [0.2, 0.25) is 6.67 Å². The van der Waals surface area contributed by atoms with Crippen molar-refractivity contribution in [3.63, 3.8) is 0 Å². The van der Waals surface area contributed by atoms with Crippen molar-refractivity contribution in [1.82, 2.24) is 5.32 Å². The van der Waals surface area contributed by atoms with Crippen LogP contribution in [0.2, 0.25) is 0 Å². The van der Waals surface area contributed by atoms with Crippen LogP contribution in [-0.2, 0) is 11.5 Å². The minimum absolute atomic E-state index is 0.733. The smallest absolute Gasteiger partial charge is 0.295 e. The minimum Gasteiger partial charge on any atom is -0.295 e. The number of hydrogen-bond acceptors (Lipinski definition) is 1.